The highest BCUT2D eigenvalue weighted by atomic mass is 32.2. The molecule has 2 N–H and O–H groups in total. The molecule has 4 atom stereocenters. The first-order chi connectivity index (χ1) is 11.0. The number of fused-ring (bicyclic) bond motifs is 1. The van der Waals surface area contributed by atoms with E-state index >= 15 is 0 Å². The van der Waals surface area contributed by atoms with Gasteiger partial charge in [0.25, 0.3) is 10.0 Å². The zero-order chi connectivity index (χ0) is 16.4. The average Bonchev–Trinajstić information content (AvgIpc) is 3.03. The topological polar surface area (TPSA) is 114 Å². The van der Waals surface area contributed by atoms with Gasteiger partial charge in [-0.3, -0.25) is 4.79 Å². The Balaban J connectivity index is 1.81. The summed E-state index contributed by atoms with van der Waals surface area (Å²) in [7, 11) is -2.44. The Kier molecular flexibility index (Phi) is 4.67. The first-order valence-corrected chi connectivity index (χ1v) is 9.49. The number of nitrogens with one attached hydrogen (secondary N) is 2. The molecule has 2 fully saturated rings. The number of methoxy groups -OCH3 is 1. The molecule has 128 valence electrons. The highest BCUT2D eigenvalue weighted by Crippen LogP contribution is 2.48. The number of hydrogen-bond donors (Lipinski definition) is 2. The molecule has 0 saturated heterocycles. The maximum atomic E-state index is 12.4. The summed E-state index contributed by atoms with van der Waals surface area (Å²) in [6.07, 6.45) is 7.52. The minimum atomic E-state index is -3.79. The molecule has 0 aliphatic heterocycles. The van der Waals surface area contributed by atoms with Gasteiger partial charge in [-0.05, 0) is 24.7 Å². The first-order valence-electron chi connectivity index (χ1n) is 8.00. The van der Waals surface area contributed by atoms with Gasteiger partial charge in [-0.2, -0.15) is 10.3 Å². The number of carbonyl (C=O) groups is 1. The molecule has 0 amide bonds. The average molecular weight is 342 g/mol. The van der Waals surface area contributed by atoms with Crippen LogP contribution in [-0.2, 0) is 19.6 Å². The molecular formula is C14H22N4O4S. The van der Waals surface area contributed by atoms with E-state index in [-0.39, 0.29) is 22.8 Å². The summed E-state index contributed by atoms with van der Waals surface area (Å²) in [4.78, 5) is 12.1. The lowest BCUT2D eigenvalue weighted by Gasteiger charge is -2.51. The number of esters is 1. The van der Waals surface area contributed by atoms with Gasteiger partial charge in [0.2, 0.25) is 5.03 Å². The second kappa shape index (κ2) is 6.56. The van der Waals surface area contributed by atoms with Gasteiger partial charge in [-0.1, -0.05) is 25.7 Å². The number of nitrogens with zero attached hydrogens (tertiary/aromatic N) is 2. The molecule has 1 aromatic heterocycles. The van der Waals surface area contributed by atoms with E-state index in [9.17, 15) is 13.2 Å². The lowest BCUT2D eigenvalue weighted by atomic mass is 9.57. The van der Waals surface area contributed by atoms with Crippen molar-refractivity contribution in [2.75, 3.05) is 7.11 Å². The molecule has 8 nitrogen and oxygen atoms in total. The monoisotopic (exact) mass is 342 g/mol. The van der Waals surface area contributed by atoms with Crippen LogP contribution in [0.15, 0.2) is 11.2 Å². The zero-order valence-corrected chi connectivity index (χ0v) is 13.9. The minimum Gasteiger partial charge on any atom is -0.469 e. The van der Waals surface area contributed by atoms with Crippen molar-refractivity contribution in [1.29, 1.82) is 0 Å². The Labute approximate surface area is 135 Å². The number of hydrogen-bond acceptors (Lipinski definition) is 6. The summed E-state index contributed by atoms with van der Waals surface area (Å²) in [5.74, 6) is -0.363. The van der Waals surface area contributed by atoms with Crippen LogP contribution < -0.4 is 4.72 Å². The molecule has 0 radical (unpaired) electrons. The fourth-order valence-corrected chi connectivity index (χ4v) is 5.15. The van der Waals surface area contributed by atoms with Crippen LogP contribution in [0.4, 0.5) is 0 Å². The molecule has 0 aromatic carbocycles. The van der Waals surface area contributed by atoms with Gasteiger partial charge in [0, 0.05) is 6.04 Å². The largest absolute Gasteiger partial charge is 0.469 e. The standard InChI is InChI=1S/C14H22N4O4S/c1-22-14(19)12-9-6-4-2-3-5-7-10(9)13(12)17-23(20,21)11-8-15-18-16-11/h8-10,12-13,17H,2-7H2,1H3,(H,15,16,18)/t9-,10+,12-,13-/m0/s1. The van der Waals surface area contributed by atoms with Crippen molar-refractivity contribution in [3.63, 3.8) is 0 Å². The number of carbonyl (C=O) groups excluding carboxylic acids is 1. The third-order valence-electron chi connectivity index (χ3n) is 5.12. The summed E-state index contributed by atoms with van der Waals surface area (Å²) in [5.41, 5.74) is 0. The van der Waals surface area contributed by atoms with E-state index in [2.05, 4.69) is 20.1 Å². The van der Waals surface area contributed by atoms with Crippen LogP contribution in [-0.4, -0.2) is 42.9 Å². The van der Waals surface area contributed by atoms with Crippen molar-refractivity contribution < 1.29 is 17.9 Å². The molecule has 2 aliphatic carbocycles. The van der Waals surface area contributed by atoms with E-state index < -0.39 is 22.0 Å². The fraction of sp³-hybridized carbons (Fsp3) is 0.786. The fourth-order valence-electron chi connectivity index (χ4n) is 4.00. The van der Waals surface area contributed by atoms with Crippen LogP contribution in [0.5, 0.6) is 0 Å². The van der Waals surface area contributed by atoms with Crippen LogP contribution in [0.1, 0.15) is 38.5 Å². The molecule has 3 rings (SSSR count). The van der Waals surface area contributed by atoms with E-state index in [0.29, 0.717) is 0 Å². The first kappa shape index (κ1) is 16.4. The van der Waals surface area contributed by atoms with Crippen LogP contribution >= 0.6 is 0 Å². The summed E-state index contributed by atoms with van der Waals surface area (Å²) in [5, 5.41) is 9.29. The predicted molar refractivity (Wildman–Crippen MR) is 80.7 cm³/mol. The van der Waals surface area contributed by atoms with E-state index in [1.165, 1.54) is 13.5 Å². The van der Waals surface area contributed by atoms with Crippen molar-refractivity contribution in [3.8, 4) is 0 Å². The van der Waals surface area contributed by atoms with Crippen molar-refractivity contribution in [1.82, 2.24) is 20.1 Å². The normalized spacial score (nSPS) is 31.3. The second-order valence-corrected chi connectivity index (χ2v) is 7.98. The summed E-state index contributed by atoms with van der Waals surface area (Å²) in [6, 6.07) is -0.424. The van der Waals surface area contributed by atoms with Crippen LogP contribution in [0.25, 0.3) is 0 Å². The molecule has 23 heavy (non-hydrogen) atoms. The highest BCUT2D eigenvalue weighted by molar-refractivity contribution is 7.89. The summed E-state index contributed by atoms with van der Waals surface area (Å²) >= 11 is 0. The van der Waals surface area contributed by atoms with Crippen molar-refractivity contribution >= 4 is 16.0 Å². The Morgan fingerprint density at radius 2 is 1.96 bits per heavy atom. The van der Waals surface area contributed by atoms with Gasteiger partial charge in [0.15, 0.2) is 0 Å². The molecule has 1 aromatic rings. The van der Waals surface area contributed by atoms with Gasteiger partial charge in [0.1, 0.15) is 0 Å². The second-order valence-electron chi connectivity index (χ2n) is 6.32. The molecule has 1 heterocycles. The zero-order valence-electron chi connectivity index (χ0n) is 13.1. The molecule has 0 spiro atoms. The Hall–Kier alpha value is -1.48. The molecule has 2 aliphatic rings. The highest BCUT2D eigenvalue weighted by Gasteiger charge is 2.55. The number of aromatic amines is 1. The molecule has 0 bridgehead atoms. The smallest absolute Gasteiger partial charge is 0.310 e. The Bertz CT molecular complexity index is 646. The van der Waals surface area contributed by atoms with Crippen LogP contribution in [0.2, 0.25) is 0 Å². The SMILES string of the molecule is COC(=O)[C@H]1[C@H]2CCCCCC[C@H]2[C@@H]1NS(=O)(=O)c1cn[nH]n1. The quantitative estimate of drug-likeness (QED) is 0.784. The van der Waals surface area contributed by atoms with E-state index in [4.69, 9.17) is 4.74 Å². The molecular weight excluding hydrogens is 320 g/mol. The number of aromatic nitrogens is 3. The van der Waals surface area contributed by atoms with Crippen LogP contribution in [0, 0.1) is 17.8 Å². The van der Waals surface area contributed by atoms with Crippen LogP contribution in [0.3, 0.4) is 0 Å². The van der Waals surface area contributed by atoms with Gasteiger partial charge >= 0.3 is 5.97 Å². The molecule has 2 saturated carbocycles. The Morgan fingerprint density at radius 1 is 1.26 bits per heavy atom. The molecule has 9 heteroatoms. The van der Waals surface area contributed by atoms with Gasteiger partial charge in [0.05, 0.1) is 19.2 Å². The number of rotatable bonds is 4. The predicted octanol–water partition coefficient (Wildman–Crippen LogP) is 0.841. The van der Waals surface area contributed by atoms with Crippen molar-refractivity contribution in [3.05, 3.63) is 6.20 Å². The van der Waals surface area contributed by atoms with Gasteiger partial charge in [-0.25, -0.2) is 13.1 Å². The third kappa shape index (κ3) is 3.12. The minimum absolute atomic E-state index is 0.157. The maximum absolute atomic E-state index is 12.4. The molecule has 0 unspecified atom stereocenters. The third-order valence-corrected chi connectivity index (χ3v) is 6.45. The summed E-state index contributed by atoms with van der Waals surface area (Å²) < 4.78 is 32.4. The van der Waals surface area contributed by atoms with Crippen molar-refractivity contribution in [2.45, 2.75) is 49.6 Å². The lowest BCUT2D eigenvalue weighted by Crippen LogP contribution is -2.62. The number of H-pyrrole nitrogens is 1. The van der Waals surface area contributed by atoms with Crippen molar-refractivity contribution in [2.24, 2.45) is 17.8 Å². The summed E-state index contributed by atoms with van der Waals surface area (Å²) in [6.45, 7) is 0. The number of ether oxygens (including phenoxy) is 1. The number of sulfonamides is 1. The van der Waals surface area contributed by atoms with E-state index in [1.807, 2.05) is 0 Å². The lowest BCUT2D eigenvalue weighted by molar-refractivity contribution is -0.159. The van der Waals surface area contributed by atoms with E-state index in [1.54, 1.807) is 0 Å². The Morgan fingerprint density at radius 3 is 2.57 bits per heavy atom. The van der Waals surface area contributed by atoms with E-state index in [0.717, 1.165) is 38.3 Å². The maximum Gasteiger partial charge on any atom is 0.310 e. The van der Waals surface area contributed by atoms with Gasteiger partial charge in [-0.15, -0.1) is 5.10 Å². The van der Waals surface area contributed by atoms with Gasteiger partial charge < -0.3 is 4.74 Å².